The lowest BCUT2D eigenvalue weighted by Gasteiger charge is -2.39. The van der Waals surface area contributed by atoms with Crippen molar-refractivity contribution in [3.8, 4) is 0 Å². The molecule has 2 bridgehead atoms. The van der Waals surface area contributed by atoms with Crippen LogP contribution in [0.5, 0.6) is 0 Å². The summed E-state index contributed by atoms with van der Waals surface area (Å²) in [5, 5.41) is 45.7. The second kappa shape index (κ2) is 36.4. The van der Waals surface area contributed by atoms with Gasteiger partial charge in [-0.05, 0) is 70.3 Å². The van der Waals surface area contributed by atoms with Crippen molar-refractivity contribution in [2.24, 2.45) is 11.8 Å². The first-order chi connectivity index (χ1) is 35.9. The molecule has 3 rings (SSSR count). The van der Waals surface area contributed by atoms with Crippen LogP contribution < -0.4 is 11.4 Å². The van der Waals surface area contributed by atoms with Crippen molar-refractivity contribution in [1.82, 2.24) is 9.55 Å². The Labute approximate surface area is 441 Å². The van der Waals surface area contributed by atoms with E-state index in [-0.39, 0.29) is 37.9 Å². The second-order valence-corrected chi connectivity index (χ2v) is 22.2. The number of cyclic esters (lactones) is 1. The predicted molar refractivity (Wildman–Crippen MR) is 280 cm³/mol. The second-order valence-electron chi connectivity index (χ2n) is 19.2. The molecule has 0 saturated carbocycles. The number of nitrogen functional groups attached to an aromatic ring is 1. The van der Waals surface area contributed by atoms with Gasteiger partial charge in [0.2, 0.25) is 0 Å². The molecule has 0 spiro atoms. The first-order valence-electron chi connectivity index (χ1n) is 26.8. The topological polar surface area (TPSA) is 323 Å². The van der Waals surface area contributed by atoms with Crippen LogP contribution in [0.4, 0.5) is 5.82 Å². The molecule has 1 aromatic rings. The number of nitrogens with zero attached hydrogens (tertiary/aromatic N) is 2. The van der Waals surface area contributed by atoms with Gasteiger partial charge in [0, 0.05) is 31.4 Å². The number of aliphatic hydroxyl groups is 4. The average molecular weight is 1100 g/mol. The monoisotopic (exact) mass is 1100 g/mol. The van der Waals surface area contributed by atoms with Gasteiger partial charge in [0.15, 0.2) is 6.10 Å². The maximum Gasteiger partial charge on any atom is 0.481 e. The van der Waals surface area contributed by atoms with Gasteiger partial charge in [-0.15, -0.1) is 0 Å². The highest BCUT2D eigenvalue weighted by molar-refractivity contribution is 7.61. The Kier molecular flexibility index (Phi) is 31.8. The first kappa shape index (κ1) is 65.6. The van der Waals surface area contributed by atoms with Crippen LogP contribution in [-0.4, -0.2) is 114 Å². The van der Waals surface area contributed by atoms with Crippen molar-refractivity contribution in [2.75, 3.05) is 25.6 Å². The number of phosphoric ester groups is 2. The number of esters is 2. The van der Waals surface area contributed by atoms with Gasteiger partial charge in [0.05, 0.1) is 37.4 Å². The minimum atomic E-state index is -5.72. The van der Waals surface area contributed by atoms with Crippen LogP contribution in [0.2, 0.25) is 0 Å². The van der Waals surface area contributed by atoms with Crippen molar-refractivity contribution >= 4 is 39.2 Å². The third-order valence-corrected chi connectivity index (χ3v) is 15.3. The fraction of sp³-hybridized carbons (Fsp3) is 0.712. The number of anilines is 1. The number of Topliss-reactive ketones (excluding diaryl/α,β-unsaturated/α-hetero) is 1. The summed E-state index contributed by atoms with van der Waals surface area (Å²) in [5.74, 6) is -5.22. The van der Waals surface area contributed by atoms with Crippen molar-refractivity contribution in [3.05, 3.63) is 71.4 Å². The number of carbonyl (C=O) groups excluding carboxylic acids is 3. The van der Waals surface area contributed by atoms with Gasteiger partial charge in [-0.3, -0.25) is 28.0 Å². The molecular formula is C52H85N3O18P2. The number of allylic oxidation sites excluding steroid dienone is 6. The van der Waals surface area contributed by atoms with E-state index in [0.717, 1.165) is 81.4 Å². The maximum absolute atomic E-state index is 13.9. The highest BCUT2D eigenvalue weighted by Crippen LogP contribution is 2.60. The number of unbranched alkanes of at least 4 members (excludes halogenated alkanes) is 12. The van der Waals surface area contributed by atoms with Crippen LogP contribution in [-0.2, 0) is 51.1 Å². The number of aliphatic hydroxyl groups excluding tert-OH is 4. The van der Waals surface area contributed by atoms with E-state index in [1.54, 1.807) is 12.2 Å². The van der Waals surface area contributed by atoms with Crippen molar-refractivity contribution in [3.63, 3.8) is 0 Å². The van der Waals surface area contributed by atoms with Gasteiger partial charge in [-0.25, -0.2) is 13.9 Å². The molecule has 0 aromatic carbocycles. The zero-order valence-corrected chi connectivity index (χ0v) is 45.6. The molecule has 75 heavy (non-hydrogen) atoms. The number of aromatic nitrogens is 2. The van der Waals surface area contributed by atoms with Gasteiger partial charge in [-0.1, -0.05) is 127 Å². The fourth-order valence-corrected chi connectivity index (χ4v) is 10.6. The number of ether oxygens (including phenoxy) is 3. The molecule has 0 radical (unpaired) electrons. The number of nitrogens with two attached hydrogens (primary N) is 1. The van der Waals surface area contributed by atoms with E-state index in [1.165, 1.54) is 37.5 Å². The lowest BCUT2D eigenvalue weighted by Crippen LogP contribution is -2.51. The van der Waals surface area contributed by atoms with Crippen molar-refractivity contribution in [1.29, 1.82) is 0 Å². The van der Waals surface area contributed by atoms with E-state index in [9.17, 15) is 58.5 Å². The minimum absolute atomic E-state index is 0.0664. The highest BCUT2D eigenvalue weighted by atomic mass is 31.3. The summed E-state index contributed by atoms with van der Waals surface area (Å²) in [7, 11) is -11.3. The lowest BCUT2D eigenvalue weighted by atomic mass is 9.83. The highest BCUT2D eigenvalue weighted by Gasteiger charge is 2.45. The van der Waals surface area contributed by atoms with Gasteiger partial charge >= 0.3 is 33.3 Å². The average Bonchev–Trinajstić information content (AvgIpc) is 3.35. The Morgan fingerprint density at radius 2 is 1.51 bits per heavy atom. The van der Waals surface area contributed by atoms with Crippen LogP contribution in [0.3, 0.4) is 0 Å². The summed E-state index contributed by atoms with van der Waals surface area (Å²) < 4.78 is 58.9. The minimum Gasteiger partial charge on any atom is -0.462 e. The lowest BCUT2D eigenvalue weighted by molar-refractivity contribution is -0.186. The van der Waals surface area contributed by atoms with Gasteiger partial charge in [-0.2, -0.15) is 9.29 Å². The van der Waals surface area contributed by atoms with Crippen LogP contribution in [0.1, 0.15) is 168 Å². The SMILES string of the molecule is CCCCC/C=C\C/C=C\CCCCCCCCCC(=O)OC[C@@H]1COP(=O)(O)OP(=O)(O)OC[C@H]2O[C@@H](n3ccc(N)nc3=O)[C@@H](CC=CCCCC(=O)O1)[C@@H](O)CC(=O)[C@H](C=C[C@@H](O)CCCCC)[C@H](O)[C@@H]2O. The Morgan fingerprint density at radius 1 is 0.867 bits per heavy atom. The number of rotatable bonds is 25. The predicted octanol–water partition coefficient (Wildman–Crippen LogP) is 7.92. The zero-order valence-electron chi connectivity index (χ0n) is 43.8. The standard InChI is InChI=1S/C52H85N3O18P2/c1-3-5-7-8-9-10-11-12-13-14-15-16-17-18-19-20-25-29-47(59)68-36-40-37-69-74(64,65)73-75(66,67)70-38-45-50(62)49(61)41(32-31-39(56)27-23-6-4-2)43(57)35-44(58)42(28-24-21-22-26-30-48(60)71-40)51(72-45)55-34-33-46(53)54-52(55)63/h9-10,12-13,21,24,31-34,39-42,44-45,49-51,56,58,61-62H,3-8,11,14-20,22-23,25-30,35-38H2,1-2H3,(H,64,65)(H,66,67)(H2,53,54,63)/b10-9-,13-12-,24-21?,32-31?/t39-,40+,41-,42-,44-,45+,49-,50+,51+/m0/s1. The van der Waals surface area contributed by atoms with E-state index in [1.807, 2.05) is 6.92 Å². The number of hydrogen-bond donors (Lipinski definition) is 7. The molecule has 3 heterocycles. The quantitative estimate of drug-likeness (QED) is 0.0211. The summed E-state index contributed by atoms with van der Waals surface area (Å²) in [4.78, 5) is 78.1. The molecule has 1 aromatic heterocycles. The molecule has 2 aliphatic heterocycles. The summed E-state index contributed by atoms with van der Waals surface area (Å²) in [5.41, 5.74) is 4.74. The maximum atomic E-state index is 13.9. The fourth-order valence-electron chi connectivity index (χ4n) is 8.45. The molecular weight excluding hydrogens is 1020 g/mol. The van der Waals surface area contributed by atoms with E-state index < -0.39 is 120 Å². The number of ketones is 1. The summed E-state index contributed by atoms with van der Waals surface area (Å²) in [6.07, 6.45) is 19.5. The molecule has 11 atom stereocenters. The van der Waals surface area contributed by atoms with Crippen LogP contribution in [0.15, 0.2) is 65.7 Å². The van der Waals surface area contributed by atoms with Gasteiger partial charge in [0.25, 0.3) is 0 Å². The molecule has 1 saturated heterocycles. The molecule has 426 valence electrons. The summed E-state index contributed by atoms with van der Waals surface area (Å²) >= 11 is 0. The molecule has 0 aliphatic carbocycles. The molecule has 2 aliphatic rings. The Balaban J connectivity index is 1.73. The molecule has 23 heteroatoms. The third kappa shape index (κ3) is 27.0. The number of carbonyl (C=O) groups is 3. The van der Waals surface area contributed by atoms with Gasteiger partial charge in [0.1, 0.15) is 36.6 Å². The first-order valence-corrected chi connectivity index (χ1v) is 29.7. The molecule has 21 nitrogen and oxygen atoms in total. The molecule has 2 unspecified atom stereocenters. The smallest absolute Gasteiger partial charge is 0.462 e. The van der Waals surface area contributed by atoms with E-state index in [4.69, 9.17) is 29.0 Å². The normalized spacial score (nSPS) is 28.7. The van der Waals surface area contributed by atoms with E-state index in [2.05, 4.69) is 40.5 Å². The zero-order chi connectivity index (χ0) is 55.1. The van der Waals surface area contributed by atoms with Crippen LogP contribution in [0.25, 0.3) is 0 Å². The van der Waals surface area contributed by atoms with Gasteiger partial charge < -0.3 is 50.2 Å². The third-order valence-electron chi connectivity index (χ3n) is 12.7. The molecule has 0 amide bonds. The van der Waals surface area contributed by atoms with Crippen molar-refractivity contribution in [2.45, 2.75) is 204 Å². The van der Waals surface area contributed by atoms with Crippen molar-refractivity contribution < 1.29 is 81.3 Å². The van der Waals surface area contributed by atoms with Crippen LogP contribution in [0, 0.1) is 11.8 Å². The number of hydrogen-bond acceptors (Lipinski definition) is 18. The van der Waals surface area contributed by atoms with E-state index >= 15 is 0 Å². The summed E-state index contributed by atoms with van der Waals surface area (Å²) in [6, 6.07) is 1.23. The largest absolute Gasteiger partial charge is 0.481 e. The van der Waals surface area contributed by atoms with E-state index in [0.29, 0.717) is 19.3 Å². The van der Waals surface area contributed by atoms with Crippen LogP contribution >= 0.6 is 15.6 Å². The number of fused-ring (bicyclic) bond motifs is 3. The Bertz CT molecular complexity index is 2120. The summed E-state index contributed by atoms with van der Waals surface area (Å²) in [6.45, 7) is 1.42. The number of phosphoric acid groups is 2. The Morgan fingerprint density at radius 3 is 2.19 bits per heavy atom. The molecule has 8 N–H and O–H groups in total. The Hall–Kier alpha value is -3.69. The molecule has 1 fully saturated rings.